The lowest BCUT2D eigenvalue weighted by atomic mass is 10.1. The first-order valence-electron chi connectivity index (χ1n) is 9.12. The van der Waals surface area contributed by atoms with Crippen molar-refractivity contribution in [2.45, 2.75) is 33.6 Å². The van der Waals surface area contributed by atoms with E-state index in [1.165, 1.54) is 6.07 Å². The Morgan fingerprint density at radius 2 is 1.73 bits per heavy atom. The number of benzene rings is 2. The lowest BCUT2D eigenvalue weighted by Gasteiger charge is -2.15. The standard InChI is InChI=1S/C22H23F4NO3/c1-5-6-9-29-18-10-14(2)20(15(3)11-18)30-13-17-8-7-16(12-19(17)23)21(27-28-4)22(24,25)26/h5-8,10-12H,9,13H2,1-4H3/b6-5+,27-21?. The molecule has 0 radical (unpaired) electrons. The van der Waals surface area contributed by atoms with Gasteiger partial charge in [0.2, 0.25) is 0 Å². The number of alkyl halides is 3. The van der Waals surface area contributed by atoms with E-state index in [2.05, 4.69) is 9.99 Å². The quantitative estimate of drug-likeness (QED) is 0.229. The summed E-state index contributed by atoms with van der Waals surface area (Å²) in [7, 11) is 0.992. The minimum atomic E-state index is -4.77. The van der Waals surface area contributed by atoms with Gasteiger partial charge in [-0.15, -0.1) is 0 Å². The van der Waals surface area contributed by atoms with Crippen molar-refractivity contribution in [2.75, 3.05) is 13.7 Å². The van der Waals surface area contributed by atoms with Crippen LogP contribution in [0.25, 0.3) is 0 Å². The molecule has 0 saturated carbocycles. The fraction of sp³-hybridized carbons (Fsp3) is 0.318. The summed E-state index contributed by atoms with van der Waals surface area (Å²) in [5.74, 6) is 0.416. The lowest BCUT2D eigenvalue weighted by molar-refractivity contribution is -0.0608. The van der Waals surface area contributed by atoms with Gasteiger partial charge in [-0.2, -0.15) is 13.2 Å². The molecule has 2 rings (SSSR count). The minimum Gasteiger partial charge on any atom is -0.490 e. The largest absolute Gasteiger partial charge is 0.490 e. The van der Waals surface area contributed by atoms with E-state index in [0.29, 0.717) is 18.1 Å². The van der Waals surface area contributed by atoms with Gasteiger partial charge in [0.05, 0.1) is 0 Å². The van der Waals surface area contributed by atoms with Crippen molar-refractivity contribution in [1.82, 2.24) is 0 Å². The maximum Gasteiger partial charge on any atom is 0.437 e. The number of ether oxygens (including phenoxy) is 2. The number of oxime groups is 1. The van der Waals surface area contributed by atoms with Crippen molar-refractivity contribution in [1.29, 1.82) is 0 Å². The zero-order valence-electron chi connectivity index (χ0n) is 17.1. The predicted octanol–water partition coefficient (Wildman–Crippen LogP) is 5.89. The van der Waals surface area contributed by atoms with Crippen LogP contribution in [0.5, 0.6) is 11.5 Å². The van der Waals surface area contributed by atoms with E-state index in [4.69, 9.17) is 9.47 Å². The van der Waals surface area contributed by atoms with Crippen molar-refractivity contribution in [2.24, 2.45) is 5.16 Å². The number of allylic oxidation sites excluding steroid dienone is 1. The van der Waals surface area contributed by atoms with Crippen LogP contribution in [0.3, 0.4) is 0 Å². The third-order valence-electron chi connectivity index (χ3n) is 4.17. The molecule has 0 N–H and O–H groups in total. The van der Waals surface area contributed by atoms with Crippen LogP contribution in [0.4, 0.5) is 17.6 Å². The van der Waals surface area contributed by atoms with Crippen LogP contribution in [0.15, 0.2) is 47.6 Å². The molecule has 0 aliphatic heterocycles. The van der Waals surface area contributed by atoms with Gasteiger partial charge in [-0.25, -0.2) is 4.39 Å². The molecule has 8 heteroatoms. The molecule has 30 heavy (non-hydrogen) atoms. The molecule has 2 aromatic carbocycles. The molecule has 0 spiro atoms. The van der Waals surface area contributed by atoms with Crippen LogP contribution in [-0.2, 0) is 11.4 Å². The summed E-state index contributed by atoms with van der Waals surface area (Å²) in [6.45, 7) is 5.87. The third-order valence-corrected chi connectivity index (χ3v) is 4.17. The monoisotopic (exact) mass is 425 g/mol. The summed E-state index contributed by atoms with van der Waals surface area (Å²) in [5, 5.41) is 2.97. The van der Waals surface area contributed by atoms with Crippen molar-refractivity contribution in [3.05, 3.63) is 70.6 Å². The van der Waals surface area contributed by atoms with Gasteiger partial charge in [-0.3, -0.25) is 0 Å². The Kier molecular flexibility index (Phi) is 7.86. The highest BCUT2D eigenvalue weighted by Gasteiger charge is 2.38. The van der Waals surface area contributed by atoms with Crippen molar-refractivity contribution < 1.29 is 31.9 Å². The van der Waals surface area contributed by atoms with E-state index >= 15 is 0 Å². The first-order valence-corrected chi connectivity index (χ1v) is 9.12. The van der Waals surface area contributed by atoms with E-state index in [-0.39, 0.29) is 12.2 Å². The highest BCUT2D eigenvalue weighted by molar-refractivity contribution is 6.04. The Morgan fingerprint density at radius 3 is 2.27 bits per heavy atom. The maximum atomic E-state index is 14.4. The van der Waals surface area contributed by atoms with Crippen LogP contribution < -0.4 is 9.47 Å². The van der Waals surface area contributed by atoms with Gasteiger partial charge in [0.15, 0.2) is 5.71 Å². The van der Waals surface area contributed by atoms with Crippen LogP contribution in [0.2, 0.25) is 0 Å². The topological polar surface area (TPSA) is 40.0 Å². The van der Waals surface area contributed by atoms with E-state index in [1.807, 2.05) is 45.1 Å². The molecule has 2 aromatic rings. The molecule has 0 fully saturated rings. The highest BCUT2D eigenvalue weighted by Crippen LogP contribution is 2.30. The van der Waals surface area contributed by atoms with Crippen LogP contribution >= 0.6 is 0 Å². The number of rotatable bonds is 8. The second-order valence-electron chi connectivity index (χ2n) is 6.48. The number of halogens is 4. The van der Waals surface area contributed by atoms with Gasteiger partial charge < -0.3 is 14.3 Å². The van der Waals surface area contributed by atoms with Crippen molar-refractivity contribution >= 4 is 5.71 Å². The SMILES string of the molecule is C/C=C/COc1cc(C)c(OCc2ccc(C(=NOC)C(F)(F)F)cc2F)c(C)c1. The third kappa shape index (κ3) is 5.98. The molecule has 0 saturated heterocycles. The van der Waals surface area contributed by atoms with Gasteiger partial charge in [-0.1, -0.05) is 29.4 Å². The van der Waals surface area contributed by atoms with Gasteiger partial charge in [0.1, 0.15) is 37.6 Å². The van der Waals surface area contributed by atoms with E-state index in [0.717, 1.165) is 30.4 Å². The second-order valence-corrected chi connectivity index (χ2v) is 6.48. The molecule has 0 aromatic heterocycles. The van der Waals surface area contributed by atoms with Crippen LogP contribution in [0.1, 0.15) is 29.2 Å². The summed E-state index contributed by atoms with van der Waals surface area (Å²) >= 11 is 0. The number of nitrogens with zero attached hydrogens (tertiary/aromatic N) is 1. The first-order chi connectivity index (χ1) is 14.2. The number of aryl methyl sites for hydroxylation is 2. The summed E-state index contributed by atoms with van der Waals surface area (Å²) in [5.41, 5.74) is -0.0229. The van der Waals surface area contributed by atoms with Crippen LogP contribution in [0, 0.1) is 19.7 Å². The van der Waals surface area contributed by atoms with Gasteiger partial charge in [-0.05, 0) is 50.1 Å². The Balaban J connectivity index is 2.17. The minimum absolute atomic E-state index is 0.116. The van der Waals surface area contributed by atoms with Gasteiger partial charge in [0, 0.05) is 11.1 Å². The van der Waals surface area contributed by atoms with E-state index < -0.39 is 23.3 Å². The van der Waals surface area contributed by atoms with Crippen molar-refractivity contribution in [3.63, 3.8) is 0 Å². The zero-order valence-corrected chi connectivity index (χ0v) is 17.1. The Labute approximate surface area is 172 Å². The Bertz CT molecular complexity index is 913. The smallest absolute Gasteiger partial charge is 0.437 e. The van der Waals surface area contributed by atoms with Crippen molar-refractivity contribution in [3.8, 4) is 11.5 Å². The van der Waals surface area contributed by atoms with Gasteiger partial charge in [0.25, 0.3) is 0 Å². The normalized spacial score (nSPS) is 12.3. The molecule has 4 nitrogen and oxygen atoms in total. The molecule has 0 atom stereocenters. The average molecular weight is 425 g/mol. The molecular weight excluding hydrogens is 402 g/mol. The second kappa shape index (κ2) is 10.1. The fourth-order valence-corrected chi connectivity index (χ4v) is 2.78. The van der Waals surface area contributed by atoms with Crippen LogP contribution in [-0.4, -0.2) is 25.6 Å². The summed E-state index contributed by atoms with van der Waals surface area (Å²) in [6, 6.07) is 6.75. The molecule has 0 amide bonds. The van der Waals surface area contributed by atoms with E-state index in [9.17, 15) is 17.6 Å². The molecule has 0 aliphatic carbocycles. The number of hydrogen-bond donors (Lipinski definition) is 0. The molecule has 0 unspecified atom stereocenters. The zero-order chi connectivity index (χ0) is 22.3. The van der Waals surface area contributed by atoms with E-state index in [1.54, 1.807) is 0 Å². The molecule has 162 valence electrons. The molecule has 0 bridgehead atoms. The average Bonchev–Trinajstić information content (AvgIpc) is 2.66. The van der Waals surface area contributed by atoms with Gasteiger partial charge >= 0.3 is 6.18 Å². The maximum absolute atomic E-state index is 14.4. The summed E-state index contributed by atoms with van der Waals surface area (Å²) in [4.78, 5) is 4.23. The fourth-order valence-electron chi connectivity index (χ4n) is 2.78. The first kappa shape index (κ1) is 23.3. The lowest BCUT2D eigenvalue weighted by Crippen LogP contribution is -2.24. The Morgan fingerprint density at radius 1 is 1.07 bits per heavy atom. The summed E-state index contributed by atoms with van der Waals surface area (Å²) in [6.07, 6.45) is -1.01. The predicted molar refractivity (Wildman–Crippen MR) is 107 cm³/mol. The Hall–Kier alpha value is -3.03. The molecular formula is C22H23F4NO3. The molecule has 0 aliphatic rings. The number of hydrogen-bond acceptors (Lipinski definition) is 4. The molecule has 0 heterocycles. The highest BCUT2D eigenvalue weighted by atomic mass is 19.4. The summed E-state index contributed by atoms with van der Waals surface area (Å²) < 4.78 is 64.9.